The molecule has 1 atom stereocenters. The zero-order valence-corrected chi connectivity index (χ0v) is 17.9. The number of alkyl halides is 3. The maximum absolute atomic E-state index is 13.6. The summed E-state index contributed by atoms with van der Waals surface area (Å²) in [5, 5.41) is 10.8. The van der Waals surface area contributed by atoms with Crippen LogP contribution in [0.25, 0.3) is 0 Å². The van der Waals surface area contributed by atoms with Gasteiger partial charge in [0.1, 0.15) is 17.2 Å². The first-order valence-corrected chi connectivity index (χ1v) is 10.9. The Kier molecular flexibility index (Phi) is 3.56. The number of aromatic hydroxyl groups is 1. The third kappa shape index (κ3) is 2.33. The van der Waals surface area contributed by atoms with Crippen molar-refractivity contribution in [1.82, 2.24) is 0 Å². The van der Waals surface area contributed by atoms with Gasteiger partial charge in [-0.2, -0.15) is 13.2 Å². The number of anilines is 5. The zero-order valence-electron chi connectivity index (χ0n) is 17.9. The second kappa shape index (κ2) is 6.26. The lowest BCUT2D eigenvalue weighted by Crippen LogP contribution is -2.31. The second-order valence-electron chi connectivity index (χ2n) is 8.72. The Labute approximate surface area is 193 Å². The van der Waals surface area contributed by atoms with Gasteiger partial charge in [0.25, 0.3) is 0 Å². The van der Waals surface area contributed by atoms with Crippen LogP contribution in [-0.4, -0.2) is 12.2 Å². The lowest BCUT2D eigenvalue weighted by molar-refractivity contribution is -0.137. The highest BCUT2D eigenvalue weighted by molar-refractivity contribution is 5.96. The van der Waals surface area contributed by atoms with Crippen LogP contribution in [0, 0.1) is 0 Å². The highest BCUT2D eigenvalue weighted by Crippen LogP contribution is 2.64. The summed E-state index contributed by atoms with van der Waals surface area (Å²) in [5.41, 5.74) is 5.56. The Morgan fingerprint density at radius 2 is 1.29 bits per heavy atom. The van der Waals surface area contributed by atoms with Gasteiger partial charge in [-0.3, -0.25) is 0 Å². The molecule has 34 heavy (non-hydrogen) atoms. The van der Waals surface area contributed by atoms with Crippen LogP contribution in [0.5, 0.6) is 17.2 Å². The molecule has 0 amide bonds. The molecule has 7 heteroatoms. The van der Waals surface area contributed by atoms with Crippen LogP contribution in [-0.2, 0) is 6.18 Å². The van der Waals surface area contributed by atoms with Crippen LogP contribution in [0.2, 0.25) is 0 Å². The first kappa shape index (κ1) is 19.3. The molecule has 3 heterocycles. The highest BCUT2D eigenvalue weighted by atomic mass is 19.4. The van der Waals surface area contributed by atoms with Gasteiger partial charge in [-0.15, -0.1) is 0 Å². The molecule has 0 saturated heterocycles. The van der Waals surface area contributed by atoms with Crippen molar-refractivity contribution in [1.29, 1.82) is 0 Å². The number of phenols is 1. The minimum Gasteiger partial charge on any atom is -0.506 e. The number of hydrogen-bond acceptors (Lipinski definition) is 4. The maximum Gasteiger partial charge on any atom is 0.416 e. The SMILES string of the molecule is CN1c2cccc3c2C2c4c(cccc4N(c4cc(C(F)(F)F)ccc4O)c4cccc1c42)O3. The fourth-order valence-corrected chi connectivity index (χ4v) is 5.58. The molecule has 0 saturated carbocycles. The van der Waals surface area contributed by atoms with Crippen LogP contribution < -0.4 is 14.5 Å². The van der Waals surface area contributed by atoms with Gasteiger partial charge in [-0.25, -0.2) is 0 Å². The topological polar surface area (TPSA) is 35.9 Å². The average Bonchev–Trinajstić information content (AvgIpc) is 2.82. The highest BCUT2D eigenvalue weighted by Gasteiger charge is 2.45. The zero-order chi connectivity index (χ0) is 23.4. The Bertz CT molecular complexity index is 1530. The number of halogens is 3. The van der Waals surface area contributed by atoms with Gasteiger partial charge in [-0.1, -0.05) is 18.2 Å². The fourth-order valence-electron chi connectivity index (χ4n) is 5.58. The molecular formula is C27H17F3N2O2. The van der Waals surface area contributed by atoms with E-state index in [0.717, 1.165) is 57.7 Å². The molecule has 0 spiro atoms. The van der Waals surface area contributed by atoms with E-state index in [9.17, 15) is 18.3 Å². The summed E-state index contributed by atoms with van der Waals surface area (Å²) in [6.45, 7) is 0. The van der Waals surface area contributed by atoms with Crippen molar-refractivity contribution in [2.24, 2.45) is 0 Å². The van der Waals surface area contributed by atoms with Crippen molar-refractivity contribution in [3.8, 4) is 17.2 Å². The van der Waals surface area contributed by atoms with E-state index in [0.29, 0.717) is 11.4 Å². The normalized spacial score (nSPS) is 16.8. The van der Waals surface area contributed by atoms with E-state index in [4.69, 9.17) is 4.74 Å². The molecule has 4 aromatic carbocycles. The van der Waals surface area contributed by atoms with E-state index in [1.165, 1.54) is 0 Å². The molecule has 0 aliphatic carbocycles. The predicted molar refractivity (Wildman–Crippen MR) is 123 cm³/mol. The molecule has 3 aliphatic heterocycles. The van der Waals surface area contributed by atoms with Crippen molar-refractivity contribution in [2.75, 3.05) is 16.8 Å². The molecule has 3 aliphatic rings. The smallest absolute Gasteiger partial charge is 0.416 e. The Hall–Kier alpha value is -4.13. The quantitative estimate of drug-likeness (QED) is 0.276. The van der Waals surface area contributed by atoms with Crippen molar-refractivity contribution in [3.63, 3.8) is 0 Å². The van der Waals surface area contributed by atoms with Gasteiger partial charge in [0.05, 0.1) is 22.6 Å². The standard InChI is InChI=1S/C27H17F3N2O2/c1-31-15-5-2-7-17-23(15)26-24-16(31)6-3-9-21(24)34-22-10-4-8-18(25(22)26)32(17)19-13-14(27(28,29)30)11-12-20(19)33/h2-13,26,33H,1H3. The molecule has 1 unspecified atom stereocenters. The largest absolute Gasteiger partial charge is 0.506 e. The van der Waals surface area contributed by atoms with E-state index < -0.39 is 11.7 Å². The lowest BCUT2D eigenvalue weighted by atomic mass is 9.74. The van der Waals surface area contributed by atoms with E-state index >= 15 is 0 Å². The molecule has 0 aromatic heterocycles. The number of ether oxygens (including phenoxy) is 1. The monoisotopic (exact) mass is 458 g/mol. The summed E-state index contributed by atoms with van der Waals surface area (Å²) in [6.07, 6.45) is -4.54. The van der Waals surface area contributed by atoms with Gasteiger partial charge in [-0.05, 0) is 54.6 Å². The van der Waals surface area contributed by atoms with Gasteiger partial charge in [0.15, 0.2) is 0 Å². The van der Waals surface area contributed by atoms with E-state index in [2.05, 4.69) is 11.0 Å². The number of phenolic OH excluding ortho intramolecular Hbond substituents is 1. The number of rotatable bonds is 1. The van der Waals surface area contributed by atoms with Crippen LogP contribution in [0.15, 0.2) is 72.8 Å². The van der Waals surface area contributed by atoms with E-state index in [1.807, 2.05) is 55.6 Å². The third-order valence-electron chi connectivity index (χ3n) is 6.98. The lowest BCUT2D eigenvalue weighted by Gasteiger charge is -2.46. The van der Waals surface area contributed by atoms with Crippen LogP contribution in [0.4, 0.5) is 41.6 Å². The number of benzene rings is 4. The first-order valence-electron chi connectivity index (χ1n) is 10.9. The molecule has 0 fully saturated rings. The molecule has 4 aromatic rings. The van der Waals surface area contributed by atoms with E-state index in [-0.39, 0.29) is 17.4 Å². The molecule has 0 radical (unpaired) electrons. The number of nitrogens with zero attached hydrogens (tertiary/aromatic N) is 2. The van der Waals surface area contributed by atoms with Crippen molar-refractivity contribution < 1.29 is 23.0 Å². The van der Waals surface area contributed by atoms with Crippen LogP contribution >= 0.6 is 0 Å². The molecule has 0 bridgehead atoms. The van der Waals surface area contributed by atoms with Crippen molar-refractivity contribution >= 4 is 28.4 Å². The molecule has 4 nitrogen and oxygen atoms in total. The fraction of sp³-hybridized carbons (Fsp3) is 0.111. The summed E-state index contributed by atoms with van der Waals surface area (Å²) >= 11 is 0. The Balaban J connectivity index is 1.59. The number of hydrogen-bond donors (Lipinski definition) is 1. The maximum atomic E-state index is 13.6. The van der Waals surface area contributed by atoms with Gasteiger partial charge >= 0.3 is 6.18 Å². The molecule has 168 valence electrons. The minimum absolute atomic E-state index is 0.0717. The minimum atomic E-state index is -4.54. The predicted octanol–water partition coefficient (Wildman–Crippen LogP) is 7.56. The Morgan fingerprint density at radius 1 is 0.735 bits per heavy atom. The molecule has 1 N–H and O–H groups in total. The molecule has 7 rings (SSSR count). The third-order valence-corrected chi connectivity index (χ3v) is 6.98. The summed E-state index contributed by atoms with van der Waals surface area (Å²) in [5.74, 6) is 1.07. The van der Waals surface area contributed by atoms with Crippen molar-refractivity contribution in [2.45, 2.75) is 12.1 Å². The van der Waals surface area contributed by atoms with Gasteiger partial charge in [0.2, 0.25) is 0 Å². The average molecular weight is 458 g/mol. The molecular weight excluding hydrogens is 441 g/mol. The second-order valence-corrected chi connectivity index (χ2v) is 8.72. The van der Waals surface area contributed by atoms with E-state index in [1.54, 1.807) is 4.90 Å². The van der Waals surface area contributed by atoms with Crippen LogP contribution in [0.3, 0.4) is 0 Å². The summed E-state index contributed by atoms with van der Waals surface area (Å²) in [4.78, 5) is 3.80. The Morgan fingerprint density at radius 3 is 1.97 bits per heavy atom. The summed E-state index contributed by atoms with van der Waals surface area (Å²) in [7, 11) is 1.98. The van der Waals surface area contributed by atoms with Crippen LogP contribution in [0.1, 0.15) is 28.2 Å². The van der Waals surface area contributed by atoms with Crippen molar-refractivity contribution in [3.05, 3.63) is 95.1 Å². The first-order chi connectivity index (χ1) is 16.3. The summed E-state index contributed by atoms with van der Waals surface area (Å²) in [6, 6.07) is 20.3. The van der Waals surface area contributed by atoms with Gasteiger partial charge < -0.3 is 19.6 Å². The van der Waals surface area contributed by atoms with Gasteiger partial charge in [0, 0.05) is 41.0 Å². The summed E-state index contributed by atoms with van der Waals surface area (Å²) < 4.78 is 47.1.